The minimum Gasteiger partial charge on any atom is -0.454 e. The lowest BCUT2D eigenvalue weighted by molar-refractivity contribution is -0.0932. The number of amides is 1. The van der Waals surface area contributed by atoms with Crippen molar-refractivity contribution >= 4 is 12.2 Å². The number of benzene rings is 1. The summed E-state index contributed by atoms with van der Waals surface area (Å²) in [7, 11) is 0. The second-order valence-corrected chi connectivity index (χ2v) is 7.41. The monoisotopic (exact) mass is 422 g/mol. The van der Waals surface area contributed by atoms with Gasteiger partial charge in [0.2, 0.25) is 13.1 Å². The highest BCUT2D eigenvalue weighted by Gasteiger charge is 2.26. The third kappa shape index (κ3) is 5.91. The van der Waals surface area contributed by atoms with E-state index >= 15 is 0 Å². The first kappa shape index (κ1) is 22.0. The summed E-state index contributed by atoms with van der Waals surface area (Å²) in [6, 6.07) is 5.60. The number of rotatable bonds is 7. The second-order valence-electron chi connectivity index (χ2n) is 7.41. The topological polar surface area (TPSA) is 95.6 Å². The third-order valence-electron chi connectivity index (χ3n) is 5.15. The number of ether oxygens (including phenoxy) is 5. The molecule has 2 aliphatic heterocycles. The summed E-state index contributed by atoms with van der Waals surface area (Å²) in [6.45, 7) is 7.58. The summed E-state index contributed by atoms with van der Waals surface area (Å²) < 4.78 is 26.4. The van der Waals surface area contributed by atoms with Crippen molar-refractivity contribution < 1.29 is 33.3 Å². The standard InChI is InChI=1S/C21H30N2O7/c1-4-23(14(2)11-16-5-6-18-19(12-16)27-13-26-18)20(24)28-15(3)29-21(25)30-17-7-9-22-10-8-17/h5-6,12,14-15,17,22H,4,7-11,13H2,1-3H3. The van der Waals surface area contributed by atoms with Crippen LogP contribution in [-0.2, 0) is 20.6 Å². The van der Waals surface area contributed by atoms with E-state index in [0.29, 0.717) is 18.7 Å². The van der Waals surface area contributed by atoms with Gasteiger partial charge in [0.25, 0.3) is 0 Å². The first-order valence-corrected chi connectivity index (χ1v) is 10.4. The summed E-state index contributed by atoms with van der Waals surface area (Å²) in [4.78, 5) is 26.1. The number of carbonyl (C=O) groups is 2. The Hall–Kier alpha value is -2.68. The zero-order valence-corrected chi connectivity index (χ0v) is 17.7. The predicted molar refractivity (Wildman–Crippen MR) is 108 cm³/mol. The SMILES string of the molecule is CCN(C(=O)OC(C)OC(=O)OC1CCNCC1)C(C)Cc1ccc2c(c1)OCO2. The number of carbonyl (C=O) groups excluding carboxylic acids is 2. The first-order valence-electron chi connectivity index (χ1n) is 10.4. The molecule has 166 valence electrons. The minimum atomic E-state index is -1.04. The second kappa shape index (κ2) is 10.4. The molecule has 0 spiro atoms. The summed E-state index contributed by atoms with van der Waals surface area (Å²) in [6.07, 6.45) is -0.484. The highest BCUT2D eigenvalue weighted by Crippen LogP contribution is 2.33. The van der Waals surface area contributed by atoms with Gasteiger partial charge >= 0.3 is 12.2 Å². The molecule has 9 nitrogen and oxygen atoms in total. The maximum atomic E-state index is 12.6. The average molecular weight is 422 g/mol. The van der Waals surface area contributed by atoms with Gasteiger partial charge < -0.3 is 33.9 Å². The molecule has 0 aromatic heterocycles. The lowest BCUT2D eigenvalue weighted by Crippen LogP contribution is -2.42. The van der Waals surface area contributed by atoms with Crippen molar-refractivity contribution in [2.75, 3.05) is 26.4 Å². The fraction of sp³-hybridized carbons (Fsp3) is 0.619. The Labute approximate surface area is 176 Å². The van der Waals surface area contributed by atoms with Crippen molar-refractivity contribution in [1.82, 2.24) is 10.2 Å². The highest BCUT2D eigenvalue weighted by molar-refractivity contribution is 5.68. The number of nitrogens with one attached hydrogen (secondary N) is 1. The number of hydrogen-bond donors (Lipinski definition) is 1. The molecule has 30 heavy (non-hydrogen) atoms. The van der Waals surface area contributed by atoms with E-state index in [1.54, 1.807) is 4.90 Å². The number of piperidine rings is 1. The highest BCUT2D eigenvalue weighted by atomic mass is 16.8. The molecule has 1 amide bonds. The molecular weight excluding hydrogens is 392 g/mol. The average Bonchev–Trinajstić information content (AvgIpc) is 3.16. The van der Waals surface area contributed by atoms with Crippen LogP contribution in [0.15, 0.2) is 18.2 Å². The Morgan fingerprint density at radius 1 is 1.17 bits per heavy atom. The first-order chi connectivity index (χ1) is 14.5. The normalized spacial score (nSPS) is 17.7. The zero-order chi connectivity index (χ0) is 21.5. The van der Waals surface area contributed by atoms with Gasteiger partial charge in [0, 0.05) is 19.5 Å². The molecule has 0 aliphatic carbocycles. The van der Waals surface area contributed by atoms with Crippen LogP contribution in [0.2, 0.25) is 0 Å². The van der Waals surface area contributed by atoms with E-state index in [1.807, 2.05) is 32.0 Å². The molecule has 0 saturated carbocycles. The van der Waals surface area contributed by atoms with Crippen LogP contribution in [0.3, 0.4) is 0 Å². The van der Waals surface area contributed by atoms with Gasteiger partial charge in [-0.05, 0) is 63.9 Å². The van der Waals surface area contributed by atoms with E-state index in [2.05, 4.69) is 5.32 Å². The zero-order valence-electron chi connectivity index (χ0n) is 17.7. The largest absolute Gasteiger partial charge is 0.511 e. The Morgan fingerprint density at radius 2 is 1.90 bits per heavy atom. The van der Waals surface area contributed by atoms with Gasteiger partial charge in [-0.1, -0.05) is 6.07 Å². The predicted octanol–water partition coefficient (Wildman–Crippen LogP) is 3.06. The Morgan fingerprint density at radius 3 is 2.63 bits per heavy atom. The molecule has 1 aromatic rings. The lowest BCUT2D eigenvalue weighted by atomic mass is 10.1. The maximum absolute atomic E-state index is 12.6. The van der Waals surface area contributed by atoms with Crippen LogP contribution in [0.25, 0.3) is 0 Å². The van der Waals surface area contributed by atoms with Gasteiger partial charge in [0.15, 0.2) is 11.5 Å². The van der Waals surface area contributed by atoms with Crippen LogP contribution in [0.1, 0.15) is 39.2 Å². The van der Waals surface area contributed by atoms with Crippen molar-refractivity contribution in [3.63, 3.8) is 0 Å². The quantitative estimate of drug-likeness (QED) is 0.529. The number of fused-ring (bicyclic) bond motifs is 1. The van der Waals surface area contributed by atoms with E-state index in [-0.39, 0.29) is 18.9 Å². The van der Waals surface area contributed by atoms with Gasteiger partial charge in [-0.3, -0.25) is 0 Å². The molecule has 2 unspecified atom stereocenters. The molecule has 1 fully saturated rings. The molecule has 0 bridgehead atoms. The fourth-order valence-electron chi connectivity index (χ4n) is 3.59. The Bertz CT molecular complexity index is 736. The molecule has 0 radical (unpaired) electrons. The van der Waals surface area contributed by atoms with Crippen LogP contribution in [0.5, 0.6) is 11.5 Å². The summed E-state index contributed by atoms with van der Waals surface area (Å²) in [5.41, 5.74) is 1.02. The van der Waals surface area contributed by atoms with Gasteiger partial charge in [-0.15, -0.1) is 0 Å². The summed E-state index contributed by atoms with van der Waals surface area (Å²) in [5, 5.41) is 3.19. The molecule has 2 aliphatic rings. The van der Waals surface area contributed by atoms with Gasteiger partial charge in [0.05, 0.1) is 0 Å². The number of nitrogens with zero attached hydrogens (tertiary/aromatic N) is 1. The van der Waals surface area contributed by atoms with E-state index in [4.69, 9.17) is 23.7 Å². The maximum Gasteiger partial charge on any atom is 0.511 e. The van der Waals surface area contributed by atoms with Gasteiger partial charge in [-0.2, -0.15) is 0 Å². The van der Waals surface area contributed by atoms with Gasteiger partial charge in [0.1, 0.15) is 6.10 Å². The van der Waals surface area contributed by atoms with E-state index in [1.165, 1.54) is 6.92 Å². The van der Waals surface area contributed by atoms with Crippen molar-refractivity contribution in [2.45, 2.75) is 58.5 Å². The molecule has 3 rings (SSSR count). The van der Waals surface area contributed by atoms with E-state index < -0.39 is 18.5 Å². The molecule has 9 heteroatoms. The molecule has 2 heterocycles. The van der Waals surface area contributed by atoms with Crippen molar-refractivity contribution in [3.8, 4) is 11.5 Å². The smallest absolute Gasteiger partial charge is 0.454 e. The Balaban J connectivity index is 1.47. The number of likely N-dealkylation sites (N-methyl/N-ethyl adjacent to an activating group) is 1. The van der Waals surface area contributed by atoms with Crippen LogP contribution < -0.4 is 14.8 Å². The minimum absolute atomic E-state index is 0.128. The number of hydrogen-bond acceptors (Lipinski definition) is 8. The molecule has 1 N–H and O–H groups in total. The van der Waals surface area contributed by atoms with E-state index in [9.17, 15) is 9.59 Å². The summed E-state index contributed by atoms with van der Waals surface area (Å²) >= 11 is 0. The van der Waals surface area contributed by atoms with Crippen LogP contribution in [-0.4, -0.2) is 62.0 Å². The fourth-order valence-corrected chi connectivity index (χ4v) is 3.59. The van der Waals surface area contributed by atoms with Crippen molar-refractivity contribution in [1.29, 1.82) is 0 Å². The third-order valence-corrected chi connectivity index (χ3v) is 5.15. The van der Waals surface area contributed by atoms with E-state index in [0.717, 1.165) is 37.2 Å². The van der Waals surface area contributed by atoms with Crippen molar-refractivity contribution in [3.05, 3.63) is 23.8 Å². The lowest BCUT2D eigenvalue weighted by Gasteiger charge is -2.29. The van der Waals surface area contributed by atoms with Gasteiger partial charge in [-0.25, -0.2) is 9.59 Å². The van der Waals surface area contributed by atoms with Crippen LogP contribution in [0, 0.1) is 0 Å². The van der Waals surface area contributed by atoms with Crippen LogP contribution in [0.4, 0.5) is 9.59 Å². The Kier molecular flexibility index (Phi) is 7.62. The molecule has 1 aromatic carbocycles. The molecular formula is C21H30N2O7. The summed E-state index contributed by atoms with van der Waals surface area (Å²) in [5.74, 6) is 1.43. The molecule has 2 atom stereocenters. The molecule has 1 saturated heterocycles. The van der Waals surface area contributed by atoms with Crippen molar-refractivity contribution in [2.24, 2.45) is 0 Å². The van der Waals surface area contributed by atoms with Crippen LogP contribution >= 0.6 is 0 Å².